The smallest absolute Gasteiger partial charge is 0.241 e. The van der Waals surface area contributed by atoms with Crippen molar-refractivity contribution in [1.29, 1.82) is 0 Å². The first-order valence-corrected chi connectivity index (χ1v) is 6.46. The predicted molar refractivity (Wildman–Crippen MR) is 77.1 cm³/mol. The largest absolute Gasteiger partial charge is 0.385 e. The highest BCUT2D eigenvalue weighted by molar-refractivity contribution is 5.96. The van der Waals surface area contributed by atoms with Crippen LogP contribution in [0.25, 0.3) is 0 Å². The van der Waals surface area contributed by atoms with Crippen molar-refractivity contribution in [1.82, 2.24) is 0 Å². The third-order valence-corrected chi connectivity index (χ3v) is 2.84. The zero-order valence-corrected chi connectivity index (χ0v) is 11.6. The zero-order valence-electron chi connectivity index (χ0n) is 11.6. The van der Waals surface area contributed by atoms with Crippen LogP contribution in [0.2, 0.25) is 0 Å². The van der Waals surface area contributed by atoms with Gasteiger partial charge in [0.2, 0.25) is 11.8 Å². The number of para-hydroxylation sites is 1. The molecule has 20 heavy (non-hydrogen) atoms. The highest BCUT2D eigenvalue weighted by Crippen LogP contribution is 2.16. The summed E-state index contributed by atoms with van der Waals surface area (Å²) in [6.07, 6.45) is 1.33. The normalized spacial score (nSPS) is 11.9. The first-order chi connectivity index (χ1) is 9.54. The molecule has 110 valence electrons. The van der Waals surface area contributed by atoms with Gasteiger partial charge in [-0.15, -0.1) is 0 Å². The Hall–Kier alpha value is -1.92. The fourth-order valence-electron chi connectivity index (χ4n) is 1.79. The molecule has 0 saturated heterocycles. The second-order valence-corrected chi connectivity index (χ2v) is 4.53. The standard InChI is InChI=1S/C14H21N3O3/c1-20-8-4-6-11(15)14(19)17-12-7-3-2-5-10(12)9-13(16)18/h2-3,5,7,11H,4,6,8-9,15H2,1H3,(H2,16,18)(H,17,19). The second-order valence-electron chi connectivity index (χ2n) is 4.53. The van der Waals surface area contributed by atoms with Gasteiger partial charge in [0.05, 0.1) is 12.5 Å². The maximum Gasteiger partial charge on any atom is 0.241 e. The van der Waals surface area contributed by atoms with E-state index in [1.165, 1.54) is 0 Å². The van der Waals surface area contributed by atoms with Crippen LogP contribution in [-0.4, -0.2) is 31.6 Å². The molecule has 5 N–H and O–H groups in total. The molecule has 0 aromatic heterocycles. The third-order valence-electron chi connectivity index (χ3n) is 2.84. The molecule has 6 nitrogen and oxygen atoms in total. The molecule has 0 saturated carbocycles. The molecule has 1 rings (SSSR count). The van der Waals surface area contributed by atoms with Crippen LogP contribution in [0.3, 0.4) is 0 Å². The number of nitrogens with one attached hydrogen (secondary N) is 1. The summed E-state index contributed by atoms with van der Waals surface area (Å²) in [5.74, 6) is -0.728. The van der Waals surface area contributed by atoms with Gasteiger partial charge in [0, 0.05) is 19.4 Å². The molecule has 1 aromatic carbocycles. The van der Waals surface area contributed by atoms with Crippen molar-refractivity contribution in [2.75, 3.05) is 19.0 Å². The number of carbonyl (C=O) groups is 2. The molecular formula is C14H21N3O3. The molecule has 1 unspecified atom stereocenters. The Morgan fingerprint density at radius 2 is 2.05 bits per heavy atom. The van der Waals surface area contributed by atoms with E-state index in [0.717, 1.165) is 0 Å². The van der Waals surface area contributed by atoms with E-state index in [9.17, 15) is 9.59 Å². The topological polar surface area (TPSA) is 107 Å². The van der Waals surface area contributed by atoms with Gasteiger partial charge in [-0.05, 0) is 24.5 Å². The predicted octanol–water partition coefficient (Wildman–Crippen LogP) is 0.407. The number of rotatable bonds is 8. The second kappa shape index (κ2) is 8.29. The van der Waals surface area contributed by atoms with Crippen LogP contribution in [0.15, 0.2) is 24.3 Å². The van der Waals surface area contributed by atoms with Gasteiger partial charge in [-0.2, -0.15) is 0 Å². The lowest BCUT2D eigenvalue weighted by Crippen LogP contribution is -2.36. The van der Waals surface area contributed by atoms with Gasteiger partial charge in [0.1, 0.15) is 0 Å². The maximum atomic E-state index is 12.0. The Bertz CT molecular complexity index is 463. The van der Waals surface area contributed by atoms with Crippen molar-refractivity contribution in [2.45, 2.75) is 25.3 Å². The lowest BCUT2D eigenvalue weighted by molar-refractivity contribution is -0.118. The molecule has 1 atom stereocenters. The molecule has 0 heterocycles. The van der Waals surface area contributed by atoms with Gasteiger partial charge < -0.3 is 21.5 Å². The summed E-state index contributed by atoms with van der Waals surface area (Å²) in [6.45, 7) is 0.569. The van der Waals surface area contributed by atoms with Crippen molar-refractivity contribution in [3.8, 4) is 0 Å². The first kappa shape index (κ1) is 16.1. The van der Waals surface area contributed by atoms with E-state index in [1.54, 1.807) is 31.4 Å². The van der Waals surface area contributed by atoms with Crippen molar-refractivity contribution >= 4 is 17.5 Å². The molecule has 6 heteroatoms. The van der Waals surface area contributed by atoms with Crippen molar-refractivity contribution in [3.05, 3.63) is 29.8 Å². The maximum absolute atomic E-state index is 12.0. The fraction of sp³-hybridized carbons (Fsp3) is 0.429. The van der Waals surface area contributed by atoms with E-state index in [1.807, 2.05) is 0 Å². The lowest BCUT2D eigenvalue weighted by Gasteiger charge is -2.14. The monoisotopic (exact) mass is 279 g/mol. The molecule has 0 aliphatic heterocycles. The van der Waals surface area contributed by atoms with E-state index in [-0.39, 0.29) is 12.3 Å². The lowest BCUT2D eigenvalue weighted by atomic mass is 10.1. The van der Waals surface area contributed by atoms with Gasteiger partial charge in [0.15, 0.2) is 0 Å². The number of hydrogen-bond donors (Lipinski definition) is 3. The van der Waals surface area contributed by atoms with Crippen molar-refractivity contribution < 1.29 is 14.3 Å². The first-order valence-electron chi connectivity index (χ1n) is 6.46. The van der Waals surface area contributed by atoms with Crippen molar-refractivity contribution in [3.63, 3.8) is 0 Å². The Labute approximate surface area is 118 Å². The van der Waals surface area contributed by atoms with E-state index < -0.39 is 11.9 Å². The molecule has 0 bridgehead atoms. The van der Waals surface area contributed by atoms with E-state index in [2.05, 4.69) is 5.32 Å². The number of amides is 2. The van der Waals surface area contributed by atoms with Crippen LogP contribution < -0.4 is 16.8 Å². The van der Waals surface area contributed by atoms with Crippen LogP contribution in [-0.2, 0) is 20.7 Å². The quantitative estimate of drug-likeness (QED) is 0.599. The Morgan fingerprint density at radius 1 is 1.35 bits per heavy atom. The summed E-state index contributed by atoms with van der Waals surface area (Å²) in [6, 6.07) is 6.42. The summed E-state index contributed by atoms with van der Waals surface area (Å²) >= 11 is 0. The minimum absolute atomic E-state index is 0.0787. The Balaban J connectivity index is 2.63. The molecule has 2 amide bonds. The number of ether oxygens (including phenoxy) is 1. The number of primary amides is 1. The summed E-state index contributed by atoms with van der Waals surface area (Å²) < 4.78 is 4.91. The number of methoxy groups -OCH3 is 1. The van der Waals surface area contributed by atoms with E-state index >= 15 is 0 Å². The molecule has 0 aliphatic rings. The Kier molecular flexibility index (Phi) is 6.69. The van der Waals surface area contributed by atoms with Gasteiger partial charge in [0.25, 0.3) is 0 Å². The number of anilines is 1. The van der Waals surface area contributed by atoms with Gasteiger partial charge >= 0.3 is 0 Å². The van der Waals surface area contributed by atoms with Crippen LogP contribution in [0.1, 0.15) is 18.4 Å². The molecular weight excluding hydrogens is 258 g/mol. The number of nitrogens with two attached hydrogens (primary N) is 2. The molecule has 0 fully saturated rings. The van der Waals surface area contributed by atoms with Gasteiger partial charge in [-0.3, -0.25) is 9.59 Å². The van der Waals surface area contributed by atoms with Crippen LogP contribution in [0.4, 0.5) is 5.69 Å². The van der Waals surface area contributed by atoms with Gasteiger partial charge in [-0.1, -0.05) is 18.2 Å². The number of benzene rings is 1. The Morgan fingerprint density at radius 3 is 2.70 bits per heavy atom. The number of hydrogen-bond acceptors (Lipinski definition) is 4. The van der Waals surface area contributed by atoms with Crippen molar-refractivity contribution in [2.24, 2.45) is 11.5 Å². The van der Waals surface area contributed by atoms with Crippen LogP contribution >= 0.6 is 0 Å². The fourth-order valence-corrected chi connectivity index (χ4v) is 1.79. The summed E-state index contributed by atoms with van der Waals surface area (Å²) in [5.41, 5.74) is 12.2. The van der Waals surface area contributed by atoms with Crippen LogP contribution in [0.5, 0.6) is 0 Å². The SMILES string of the molecule is COCCCC(N)C(=O)Nc1ccccc1CC(N)=O. The van der Waals surface area contributed by atoms with E-state index in [0.29, 0.717) is 30.7 Å². The summed E-state index contributed by atoms with van der Waals surface area (Å²) in [7, 11) is 1.60. The molecule has 0 spiro atoms. The third kappa shape index (κ3) is 5.38. The molecule has 0 aliphatic carbocycles. The highest BCUT2D eigenvalue weighted by Gasteiger charge is 2.15. The minimum atomic E-state index is -0.605. The summed E-state index contributed by atoms with van der Waals surface area (Å²) in [4.78, 5) is 22.9. The minimum Gasteiger partial charge on any atom is -0.385 e. The van der Waals surface area contributed by atoms with Gasteiger partial charge in [-0.25, -0.2) is 0 Å². The van der Waals surface area contributed by atoms with E-state index in [4.69, 9.17) is 16.2 Å². The summed E-state index contributed by atoms with van der Waals surface area (Å²) in [5, 5.41) is 2.73. The molecule has 0 radical (unpaired) electrons. The van der Waals surface area contributed by atoms with Crippen LogP contribution in [0, 0.1) is 0 Å². The highest BCUT2D eigenvalue weighted by atomic mass is 16.5. The number of carbonyl (C=O) groups excluding carboxylic acids is 2. The molecule has 1 aromatic rings. The average Bonchev–Trinajstić information content (AvgIpc) is 2.40. The zero-order chi connectivity index (χ0) is 15.0. The average molecular weight is 279 g/mol.